The van der Waals surface area contributed by atoms with Crippen LogP contribution in [0.5, 0.6) is 17.2 Å². The van der Waals surface area contributed by atoms with Crippen LogP contribution in [0.3, 0.4) is 0 Å². The van der Waals surface area contributed by atoms with Crippen molar-refractivity contribution in [2.75, 3.05) is 27.4 Å². The summed E-state index contributed by atoms with van der Waals surface area (Å²) in [7, 11) is 3.02. The number of thiazole rings is 1. The van der Waals surface area contributed by atoms with Crippen molar-refractivity contribution in [2.45, 2.75) is 32.7 Å². The van der Waals surface area contributed by atoms with Gasteiger partial charge >= 0.3 is 5.97 Å². The van der Waals surface area contributed by atoms with Gasteiger partial charge in [0.15, 0.2) is 22.9 Å². The third-order valence-electron chi connectivity index (χ3n) is 6.16. The van der Waals surface area contributed by atoms with Crippen molar-refractivity contribution in [1.29, 1.82) is 5.26 Å². The maximum Gasteiger partial charge on any atom is 0.338 e. The van der Waals surface area contributed by atoms with Gasteiger partial charge < -0.3 is 18.9 Å². The van der Waals surface area contributed by atoms with Crippen LogP contribution in [0, 0.1) is 11.3 Å². The Hall–Kier alpha value is -4.07. The summed E-state index contributed by atoms with van der Waals surface area (Å²) in [5.74, 6) is 0.766. The van der Waals surface area contributed by atoms with Crippen LogP contribution in [-0.4, -0.2) is 38.0 Å². The quantitative estimate of drug-likeness (QED) is 0.331. The highest BCUT2D eigenvalue weighted by atomic mass is 35.5. The number of methoxy groups -OCH3 is 2. The van der Waals surface area contributed by atoms with Crippen LogP contribution in [0.15, 0.2) is 57.5 Å². The number of aromatic nitrogens is 1. The Morgan fingerprint density at radius 2 is 1.90 bits per heavy atom. The number of halogens is 1. The van der Waals surface area contributed by atoms with Crippen LogP contribution in [-0.2, 0) is 9.53 Å². The van der Waals surface area contributed by atoms with Gasteiger partial charge in [-0.15, -0.1) is 0 Å². The Labute approximate surface area is 240 Å². The van der Waals surface area contributed by atoms with Crippen molar-refractivity contribution in [2.24, 2.45) is 4.99 Å². The predicted octanol–water partition coefficient (Wildman–Crippen LogP) is 4.15. The molecule has 1 aliphatic rings. The highest BCUT2D eigenvalue weighted by Gasteiger charge is 2.36. The van der Waals surface area contributed by atoms with Crippen LogP contribution in [0.2, 0.25) is 5.02 Å². The van der Waals surface area contributed by atoms with Crippen LogP contribution in [0.4, 0.5) is 0 Å². The zero-order valence-electron chi connectivity index (χ0n) is 22.5. The van der Waals surface area contributed by atoms with Crippen molar-refractivity contribution in [3.63, 3.8) is 0 Å². The highest BCUT2D eigenvalue weighted by molar-refractivity contribution is 7.07. The summed E-state index contributed by atoms with van der Waals surface area (Å²) < 4.78 is 23.8. The number of esters is 1. The van der Waals surface area contributed by atoms with E-state index in [0.717, 1.165) is 6.42 Å². The van der Waals surface area contributed by atoms with Crippen LogP contribution in [0.25, 0.3) is 6.08 Å². The summed E-state index contributed by atoms with van der Waals surface area (Å²) in [4.78, 5) is 32.6. The lowest BCUT2D eigenvalue weighted by Crippen LogP contribution is -2.40. The molecule has 4 rings (SSSR count). The molecular formula is C29H28ClN3O6S. The van der Waals surface area contributed by atoms with E-state index in [1.54, 1.807) is 49.4 Å². The molecule has 2 aromatic carbocycles. The van der Waals surface area contributed by atoms with Crippen molar-refractivity contribution in [3.8, 4) is 23.3 Å². The van der Waals surface area contributed by atoms with Crippen molar-refractivity contribution >= 4 is 35.0 Å². The molecule has 3 aromatic rings. The van der Waals surface area contributed by atoms with E-state index in [1.165, 1.54) is 30.1 Å². The molecule has 1 atom stereocenters. The minimum absolute atomic E-state index is 0.121. The molecule has 2 heterocycles. The SMILES string of the molecule is CCCC1=C(C(=O)OCC)[C@@H](c2cc(Cl)ccc2OC)n2c(s/c(=C/c3ccc(OCC#N)c(OC)c3)c2=O)=N1. The van der Waals surface area contributed by atoms with Gasteiger partial charge in [0.05, 0.1) is 36.6 Å². The number of nitriles is 1. The third kappa shape index (κ3) is 5.76. The van der Waals surface area contributed by atoms with E-state index in [1.807, 2.05) is 13.0 Å². The number of allylic oxidation sites excluding steroid dienone is 1. The van der Waals surface area contributed by atoms with Gasteiger partial charge in [0.25, 0.3) is 5.56 Å². The molecule has 11 heteroatoms. The molecule has 0 saturated heterocycles. The first-order valence-electron chi connectivity index (χ1n) is 12.6. The highest BCUT2D eigenvalue weighted by Crippen LogP contribution is 2.38. The number of benzene rings is 2. The van der Waals surface area contributed by atoms with Crippen LogP contribution >= 0.6 is 22.9 Å². The van der Waals surface area contributed by atoms with E-state index in [0.29, 0.717) is 54.8 Å². The number of nitrogens with zero attached hydrogens (tertiary/aromatic N) is 3. The molecule has 208 valence electrons. The largest absolute Gasteiger partial charge is 0.496 e. The van der Waals surface area contributed by atoms with Gasteiger partial charge in [-0.05, 0) is 55.3 Å². The molecule has 40 heavy (non-hydrogen) atoms. The Balaban J connectivity index is 1.97. The number of carbonyl (C=O) groups is 1. The Morgan fingerprint density at radius 3 is 2.58 bits per heavy atom. The van der Waals surface area contributed by atoms with Gasteiger partial charge in [-0.2, -0.15) is 5.26 Å². The van der Waals surface area contributed by atoms with E-state index in [4.69, 9.17) is 40.8 Å². The van der Waals surface area contributed by atoms with E-state index in [9.17, 15) is 9.59 Å². The molecular weight excluding hydrogens is 554 g/mol. The summed E-state index contributed by atoms with van der Waals surface area (Å²) in [6, 6.07) is 11.3. The molecule has 0 spiro atoms. The summed E-state index contributed by atoms with van der Waals surface area (Å²) >= 11 is 7.60. The molecule has 0 aliphatic carbocycles. The summed E-state index contributed by atoms with van der Waals surface area (Å²) in [6.45, 7) is 3.77. The minimum atomic E-state index is -0.857. The number of ether oxygens (including phenoxy) is 4. The van der Waals surface area contributed by atoms with Crippen LogP contribution in [0.1, 0.15) is 43.9 Å². The lowest BCUT2D eigenvalue weighted by atomic mass is 9.93. The van der Waals surface area contributed by atoms with E-state index in [2.05, 4.69) is 0 Å². The first-order chi connectivity index (χ1) is 19.4. The molecule has 0 N–H and O–H groups in total. The standard InChI is InChI=1S/C29H28ClN3O6S/c1-5-7-20-25(28(35)38-6-2)26(19-16-18(30)9-11-21(19)36-3)33-27(34)24(40-29(33)32-20)15-17-8-10-22(39-13-12-31)23(14-17)37-4/h8-11,14-16,26H,5-7,13H2,1-4H3/b24-15+/t26-/m1/s1. The van der Waals surface area contributed by atoms with Crippen molar-refractivity contribution < 1.29 is 23.7 Å². The monoisotopic (exact) mass is 581 g/mol. The topological polar surface area (TPSA) is 112 Å². The maximum absolute atomic E-state index is 14.0. The second kappa shape index (κ2) is 12.9. The van der Waals surface area contributed by atoms with Crippen LogP contribution < -0.4 is 29.1 Å². The normalized spacial score (nSPS) is 14.7. The minimum Gasteiger partial charge on any atom is -0.496 e. The summed E-state index contributed by atoms with van der Waals surface area (Å²) in [5.41, 5.74) is 1.74. The molecule has 0 fully saturated rings. The van der Waals surface area contributed by atoms with Crippen molar-refractivity contribution in [3.05, 3.63) is 83.5 Å². The first kappa shape index (κ1) is 28.9. The Morgan fingerprint density at radius 1 is 1.15 bits per heavy atom. The molecule has 9 nitrogen and oxygen atoms in total. The number of hydrogen-bond acceptors (Lipinski definition) is 9. The molecule has 0 radical (unpaired) electrons. The fourth-order valence-electron chi connectivity index (χ4n) is 4.49. The van der Waals surface area contributed by atoms with E-state index < -0.39 is 12.0 Å². The lowest BCUT2D eigenvalue weighted by Gasteiger charge is -2.27. The Kier molecular flexibility index (Phi) is 9.30. The number of carbonyl (C=O) groups excluding carboxylic acids is 1. The zero-order chi connectivity index (χ0) is 28.8. The summed E-state index contributed by atoms with van der Waals surface area (Å²) in [5, 5.41) is 9.26. The number of rotatable bonds is 10. The molecule has 1 aliphatic heterocycles. The Bertz CT molecular complexity index is 1680. The van der Waals surface area contributed by atoms with Gasteiger partial charge in [-0.1, -0.05) is 42.3 Å². The molecule has 1 aromatic heterocycles. The fraction of sp³-hybridized carbons (Fsp3) is 0.310. The second-order valence-corrected chi connectivity index (χ2v) is 10.1. The first-order valence-corrected chi connectivity index (χ1v) is 13.8. The summed E-state index contributed by atoms with van der Waals surface area (Å²) in [6.07, 6.45) is 2.97. The molecule has 0 amide bonds. The third-order valence-corrected chi connectivity index (χ3v) is 7.37. The van der Waals surface area contributed by atoms with Crippen molar-refractivity contribution in [1.82, 2.24) is 4.57 Å². The van der Waals surface area contributed by atoms with E-state index >= 15 is 0 Å². The average molecular weight is 582 g/mol. The van der Waals surface area contributed by atoms with Gasteiger partial charge in [0.2, 0.25) is 0 Å². The molecule has 0 unspecified atom stereocenters. The zero-order valence-corrected chi connectivity index (χ0v) is 24.1. The lowest BCUT2D eigenvalue weighted by molar-refractivity contribution is -0.139. The predicted molar refractivity (Wildman–Crippen MR) is 152 cm³/mol. The van der Waals surface area contributed by atoms with Gasteiger partial charge in [0.1, 0.15) is 17.9 Å². The molecule has 0 saturated carbocycles. The maximum atomic E-state index is 14.0. The number of fused-ring (bicyclic) bond motifs is 1. The van der Waals surface area contributed by atoms with Gasteiger partial charge in [0, 0.05) is 10.6 Å². The molecule has 0 bridgehead atoms. The number of hydrogen-bond donors (Lipinski definition) is 0. The van der Waals surface area contributed by atoms with E-state index in [-0.39, 0.29) is 24.3 Å². The fourth-order valence-corrected chi connectivity index (χ4v) is 5.69. The average Bonchev–Trinajstić information content (AvgIpc) is 3.25. The van der Waals surface area contributed by atoms with Gasteiger partial charge in [-0.25, -0.2) is 9.79 Å². The smallest absolute Gasteiger partial charge is 0.338 e. The van der Waals surface area contributed by atoms with Gasteiger partial charge in [-0.3, -0.25) is 9.36 Å². The second-order valence-electron chi connectivity index (χ2n) is 8.66.